The average molecular weight is 379 g/mol. The zero-order chi connectivity index (χ0) is 18.1. The van der Waals surface area contributed by atoms with Crippen molar-refractivity contribution in [3.05, 3.63) is 29.3 Å². The molecule has 6 nitrogen and oxygen atoms in total. The van der Waals surface area contributed by atoms with Gasteiger partial charge in [0.15, 0.2) is 0 Å². The number of benzene rings is 1. The Kier molecular flexibility index (Phi) is 5.35. The lowest BCUT2D eigenvalue weighted by molar-refractivity contribution is -0.182. The van der Waals surface area contributed by atoms with Crippen molar-refractivity contribution in [3.8, 4) is 0 Å². The van der Waals surface area contributed by atoms with Crippen LogP contribution in [0.2, 0.25) is 0 Å². The summed E-state index contributed by atoms with van der Waals surface area (Å²) in [6.45, 7) is 1.37. The molecular formula is C15H20F3N3O3S. The monoisotopic (exact) mass is 379 g/mol. The van der Waals surface area contributed by atoms with Crippen LogP contribution in [0.15, 0.2) is 23.1 Å². The van der Waals surface area contributed by atoms with Crippen molar-refractivity contribution in [3.63, 3.8) is 0 Å². The van der Waals surface area contributed by atoms with Gasteiger partial charge in [0.05, 0.1) is 18.1 Å². The smallest absolute Gasteiger partial charge is 0.372 e. The molecule has 1 saturated heterocycles. The second-order valence-corrected chi connectivity index (χ2v) is 7.89. The van der Waals surface area contributed by atoms with Crippen LogP contribution < -0.4 is 10.0 Å². The minimum Gasteiger partial charge on any atom is -0.372 e. The molecule has 140 valence electrons. The molecule has 0 amide bonds. The van der Waals surface area contributed by atoms with Crippen LogP contribution in [0.25, 0.3) is 0 Å². The second kappa shape index (κ2) is 7.20. The largest absolute Gasteiger partial charge is 0.405 e. The molecular weight excluding hydrogens is 359 g/mol. The van der Waals surface area contributed by atoms with Gasteiger partial charge in [-0.1, -0.05) is 6.07 Å². The van der Waals surface area contributed by atoms with E-state index in [1.807, 2.05) is 0 Å². The van der Waals surface area contributed by atoms with Crippen LogP contribution in [0.3, 0.4) is 0 Å². The van der Waals surface area contributed by atoms with Gasteiger partial charge in [-0.05, 0) is 23.3 Å². The summed E-state index contributed by atoms with van der Waals surface area (Å²) < 4.78 is 72.2. The highest BCUT2D eigenvalue weighted by Gasteiger charge is 2.44. The van der Waals surface area contributed by atoms with Crippen molar-refractivity contribution in [2.24, 2.45) is 0 Å². The van der Waals surface area contributed by atoms with Crippen molar-refractivity contribution in [1.82, 2.24) is 14.9 Å². The number of piperazine rings is 1. The van der Waals surface area contributed by atoms with Gasteiger partial charge >= 0.3 is 6.18 Å². The summed E-state index contributed by atoms with van der Waals surface area (Å²) in [6.07, 6.45) is -4.51. The minimum atomic E-state index is -4.51. The highest BCUT2D eigenvalue weighted by Crippen LogP contribution is 2.26. The lowest BCUT2D eigenvalue weighted by atomic mass is 10.1. The summed E-state index contributed by atoms with van der Waals surface area (Å²) >= 11 is 0. The molecule has 0 spiro atoms. The van der Waals surface area contributed by atoms with E-state index < -0.39 is 28.8 Å². The fraction of sp³-hybridized carbons (Fsp3) is 0.600. The molecule has 2 N–H and O–H groups in total. The number of hydrogen-bond donors (Lipinski definition) is 2. The first kappa shape index (κ1) is 18.6. The Morgan fingerprint density at radius 1 is 1.20 bits per heavy atom. The molecule has 0 radical (unpaired) electrons. The number of rotatable bonds is 5. The molecule has 3 rings (SSSR count). The lowest BCUT2D eigenvalue weighted by Crippen LogP contribution is -2.57. The maximum Gasteiger partial charge on any atom is 0.405 e. The Balaban J connectivity index is 1.72. The number of nitrogens with zero attached hydrogens (tertiary/aromatic N) is 1. The van der Waals surface area contributed by atoms with E-state index in [0.717, 1.165) is 11.1 Å². The number of alkyl halides is 3. The van der Waals surface area contributed by atoms with E-state index in [0.29, 0.717) is 26.3 Å². The Hall–Kier alpha value is -1.20. The number of sulfonamides is 1. The first-order valence-electron chi connectivity index (χ1n) is 7.98. The summed E-state index contributed by atoms with van der Waals surface area (Å²) in [7, 11) is -4.02. The zero-order valence-corrected chi connectivity index (χ0v) is 14.3. The molecule has 2 heterocycles. The number of nitrogens with one attached hydrogen (secondary N) is 2. The topological polar surface area (TPSA) is 70.7 Å². The Morgan fingerprint density at radius 3 is 2.56 bits per heavy atom. The second-order valence-electron chi connectivity index (χ2n) is 6.12. The Morgan fingerprint density at radius 2 is 1.88 bits per heavy atom. The maximum absolute atomic E-state index is 13.3. The van der Waals surface area contributed by atoms with Gasteiger partial charge in [-0.3, -0.25) is 4.90 Å². The van der Waals surface area contributed by atoms with E-state index >= 15 is 0 Å². The van der Waals surface area contributed by atoms with E-state index in [1.54, 1.807) is 6.07 Å². The van der Waals surface area contributed by atoms with Crippen molar-refractivity contribution < 1.29 is 26.3 Å². The van der Waals surface area contributed by atoms with E-state index in [1.165, 1.54) is 17.0 Å². The molecule has 25 heavy (non-hydrogen) atoms. The summed E-state index contributed by atoms with van der Waals surface area (Å²) in [4.78, 5) is 1.22. The first-order chi connectivity index (χ1) is 11.8. The molecule has 0 saturated carbocycles. The molecule has 1 unspecified atom stereocenters. The summed E-state index contributed by atoms with van der Waals surface area (Å²) in [5.41, 5.74) is 1.64. The van der Waals surface area contributed by atoms with Crippen LogP contribution in [0.1, 0.15) is 11.1 Å². The Bertz CT molecular complexity index is 718. The fourth-order valence-electron chi connectivity index (χ4n) is 3.03. The number of ether oxygens (including phenoxy) is 1. The number of fused-ring (bicyclic) bond motifs is 1. The quantitative estimate of drug-likeness (QED) is 0.793. The van der Waals surface area contributed by atoms with Gasteiger partial charge in [0.2, 0.25) is 10.0 Å². The standard InChI is InChI=1S/C15H20F3N3O3S/c16-15(17,18)14(21-5-3-19-4-6-21)8-20-25(22,23)13-2-1-11-9-24-10-12(11)7-13/h1-2,7,14,19-20H,3-6,8-10H2. The molecule has 1 fully saturated rings. The third-order valence-electron chi connectivity index (χ3n) is 4.44. The van der Waals surface area contributed by atoms with Crippen LogP contribution >= 0.6 is 0 Å². The average Bonchev–Trinajstić information content (AvgIpc) is 3.02. The Labute approximate surface area is 144 Å². The molecule has 1 aromatic carbocycles. The van der Waals surface area contributed by atoms with Crippen molar-refractivity contribution >= 4 is 10.0 Å². The van der Waals surface area contributed by atoms with E-state index in [4.69, 9.17) is 4.74 Å². The van der Waals surface area contributed by atoms with Gasteiger partial charge in [0, 0.05) is 32.7 Å². The normalized spacial score (nSPS) is 20.4. The van der Waals surface area contributed by atoms with Crippen LogP contribution in [0.4, 0.5) is 13.2 Å². The molecule has 2 aliphatic heterocycles. The lowest BCUT2D eigenvalue weighted by Gasteiger charge is -2.35. The predicted molar refractivity (Wildman–Crippen MR) is 84.4 cm³/mol. The molecule has 0 bridgehead atoms. The van der Waals surface area contributed by atoms with Gasteiger partial charge in [-0.25, -0.2) is 13.1 Å². The number of halogens is 3. The molecule has 10 heteroatoms. The van der Waals surface area contributed by atoms with Gasteiger partial charge in [-0.15, -0.1) is 0 Å². The molecule has 0 aromatic heterocycles. The molecule has 0 aliphatic carbocycles. The van der Waals surface area contributed by atoms with Crippen LogP contribution in [-0.2, 0) is 28.0 Å². The van der Waals surface area contributed by atoms with Crippen LogP contribution in [0, 0.1) is 0 Å². The van der Waals surface area contributed by atoms with Gasteiger partial charge < -0.3 is 10.1 Å². The zero-order valence-electron chi connectivity index (χ0n) is 13.5. The molecule has 2 aliphatic rings. The van der Waals surface area contributed by atoms with E-state index in [9.17, 15) is 21.6 Å². The summed E-state index contributed by atoms with van der Waals surface area (Å²) in [5.74, 6) is 0. The SMILES string of the molecule is O=S(=O)(NCC(N1CCNCC1)C(F)(F)F)c1ccc2c(c1)COC2. The van der Waals surface area contributed by atoms with E-state index in [-0.39, 0.29) is 18.0 Å². The maximum atomic E-state index is 13.3. The molecule has 1 aromatic rings. The van der Waals surface area contributed by atoms with Crippen molar-refractivity contribution in [2.75, 3.05) is 32.7 Å². The van der Waals surface area contributed by atoms with Gasteiger partial charge in [0.1, 0.15) is 6.04 Å². The summed E-state index contributed by atoms with van der Waals surface area (Å²) in [6, 6.07) is 2.64. The number of hydrogen-bond acceptors (Lipinski definition) is 5. The van der Waals surface area contributed by atoms with E-state index in [2.05, 4.69) is 10.0 Å². The van der Waals surface area contributed by atoms with Crippen molar-refractivity contribution in [1.29, 1.82) is 0 Å². The predicted octanol–water partition coefficient (Wildman–Crippen LogP) is 0.831. The summed E-state index contributed by atoms with van der Waals surface area (Å²) in [5, 5.41) is 2.98. The van der Waals surface area contributed by atoms with Gasteiger partial charge in [-0.2, -0.15) is 13.2 Å². The fourth-order valence-corrected chi connectivity index (χ4v) is 4.12. The third-order valence-corrected chi connectivity index (χ3v) is 5.86. The third kappa shape index (κ3) is 4.32. The highest BCUT2D eigenvalue weighted by molar-refractivity contribution is 7.89. The van der Waals surface area contributed by atoms with Gasteiger partial charge in [0.25, 0.3) is 0 Å². The van der Waals surface area contributed by atoms with Crippen LogP contribution in [-0.4, -0.2) is 58.3 Å². The van der Waals surface area contributed by atoms with Crippen molar-refractivity contribution in [2.45, 2.75) is 30.3 Å². The highest BCUT2D eigenvalue weighted by atomic mass is 32.2. The minimum absolute atomic E-state index is 0.0435. The first-order valence-corrected chi connectivity index (χ1v) is 9.46. The van der Waals surface area contributed by atoms with Crippen LogP contribution in [0.5, 0.6) is 0 Å². The molecule has 1 atom stereocenters.